The number of hydrogen-bond acceptors (Lipinski definition) is 4. The summed E-state index contributed by atoms with van der Waals surface area (Å²) in [5.74, 6) is 1.56. The van der Waals surface area contributed by atoms with E-state index in [9.17, 15) is 5.11 Å². The predicted molar refractivity (Wildman–Crippen MR) is 70.8 cm³/mol. The van der Waals surface area contributed by atoms with E-state index in [1.54, 1.807) is 0 Å². The van der Waals surface area contributed by atoms with Crippen molar-refractivity contribution in [3.63, 3.8) is 0 Å². The second kappa shape index (κ2) is 4.72. The fourth-order valence-electron chi connectivity index (χ4n) is 2.41. The zero-order chi connectivity index (χ0) is 12.6. The third-order valence-electron chi connectivity index (χ3n) is 3.77. The molecule has 5 heteroatoms. The van der Waals surface area contributed by atoms with Crippen molar-refractivity contribution in [2.45, 2.75) is 31.3 Å². The van der Waals surface area contributed by atoms with E-state index in [-0.39, 0.29) is 18.9 Å². The third-order valence-corrected chi connectivity index (χ3v) is 4.36. The van der Waals surface area contributed by atoms with E-state index in [1.807, 2.05) is 12.1 Å². The average molecular weight is 314 g/mol. The van der Waals surface area contributed by atoms with Gasteiger partial charge in [-0.3, -0.25) is 0 Å². The monoisotopic (exact) mass is 313 g/mol. The molecule has 0 amide bonds. The van der Waals surface area contributed by atoms with Crippen molar-refractivity contribution >= 4 is 15.9 Å². The lowest BCUT2D eigenvalue weighted by Gasteiger charge is -2.41. The molecule has 1 aliphatic heterocycles. The van der Waals surface area contributed by atoms with Gasteiger partial charge in [-0.25, -0.2) is 0 Å². The minimum atomic E-state index is -0.0666. The molecule has 1 aliphatic carbocycles. The molecule has 4 nitrogen and oxygen atoms in total. The quantitative estimate of drug-likeness (QED) is 0.894. The van der Waals surface area contributed by atoms with E-state index in [0.29, 0.717) is 0 Å². The molecule has 1 heterocycles. The van der Waals surface area contributed by atoms with Gasteiger partial charge >= 0.3 is 0 Å². The summed E-state index contributed by atoms with van der Waals surface area (Å²) < 4.78 is 11.7. The molecule has 1 aromatic rings. The minimum absolute atomic E-state index is 0.0666. The van der Waals surface area contributed by atoms with E-state index in [4.69, 9.17) is 9.47 Å². The Hall–Kier alpha value is -0.780. The zero-order valence-corrected chi connectivity index (χ0v) is 11.6. The first kappa shape index (κ1) is 12.3. The van der Waals surface area contributed by atoms with Crippen LogP contribution in [0.1, 0.15) is 24.8 Å². The van der Waals surface area contributed by atoms with Crippen LogP contribution in [0.4, 0.5) is 0 Å². The van der Waals surface area contributed by atoms with Crippen LogP contribution in [0.15, 0.2) is 16.6 Å². The maximum absolute atomic E-state index is 9.41. The Bertz CT molecular complexity index is 454. The third kappa shape index (κ3) is 2.11. The summed E-state index contributed by atoms with van der Waals surface area (Å²) in [5, 5.41) is 12.9. The van der Waals surface area contributed by atoms with Gasteiger partial charge in [0.1, 0.15) is 0 Å². The Labute approximate surface area is 114 Å². The lowest BCUT2D eigenvalue weighted by atomic mass is 9.77. The lowest BCUT2D eigenvalue weighted by molar-refractivity contribution is 0.0872. The average Bonchev–Trinajstić information content (AvgIpc) is 2.77. The molecule has 0 radical (unpaired) electrons. The fourth-order valence-corrected chi connectivity index (χ4v) is 3.01. The predicted octanol–water partition coefficient (Wildman–Crippen LogP) is 2.18. The van der Waals surface area contributed by atoms with Gasteiger partial charge in [0.2, 0.25) is 6.79 Å². The smallest absolute Gasteiger partial charge is 0.231 e. The number of nitrogens with one attached hydrogen (secondary N) is 1. The number of aliphatic hydroxyl groups is 1. The summed E-state index contributed by atoms with van der Waals surface area (Å²) >= 11 is 3.48. The van der Waals surface area contributed by atoms with Gasteiger partial charge in [0.05, 0.1) is 11.1 Å². The van der Waals surface area contributed by atoms with Crippen LogP contribution in [0.5, 0.6) is 11.5 Å². The molecule has 1 saturated carbocycles. The number of benzene rings is 1. The molecule has 0 bridgehead atoms. The Balaban J connectivity index is 1.72. The molecule has 18 heavy (non-hydrogen) atoms. The lowest BCUT2D eigenvalue weighted by Crippen LogP contribution is -2.53. The maximum Gasteiger partial charge on any atom is 0.231 e. The highest BCUT2D eigenvalue weighted by Gasteiger charge is 2.35. The van der Waals surface area contributed by atoms with Crippen molar-refractivity contribution < 1.29 is 14.6 Å². The molecule has 0 saturated heterocycles. The van der Waals surface area contributed by atoms with E-state index in [1.165, 1.54) is 6.42 Å². The second-order valence-electron chi connectivity index (χ2n) is 4.96. The second-order valence-corrected chi connectivity index (χ2v) is 5.81. The Kier molecular flexibility index (Phi) is 3.21. The molecule has 2 aliphatic rings. The Morgan fingerprint density at radius 2 is 2.17 bits per heavy atom. The molecule has 1 fully saturated rings. The molecular weight excluding hydrogens is 298 g/mol. The first-order valence-corrected chi connectivity index (χ1v) is 6.96. The van der Waals surface area contributed by atoms with Crippen LogP contribution in [-0.2, 0) is 6.54 Å². The number of hydrogen-bond donors (Lipinski definition) is 2. The summed E-state index contributed by atoms with van der Waals surface area (Å²) in [6.45, 7) is 1.22. The van der Waals surface area contributed by atoms with Gasteiger partial charge in [-0.1, -0.05) is 0 Å². The molecule has 98 valence electrons. The number of rotatable bonds is 4. The molecule has 0 spiro atoms. The number of halogens is 1. The van der Waals surface area contributed by atoms with Crippen LogP contribution in [0.2, 0.25) is 0 Å². The van der Waals surface area contributed by atoms with Crippen molar-refractivity contribution in [3.05, 3.63) is 22.2 Å². The molecule has 0 aromatic heterocycles. The normalized spacial score (nSPS) is 19.7. The largest absolute Gasteiger partial charge is 0.454 e. The van der Waals surface area contributed by atoms with Gasteiger partial charge in [0, 0.05) is 12.1 Å². The van der Waals surface area contributed by atoms with E-state index in [2.05, 4.69) is 21.2 Å². The summed E-state index contributed by atoms with van der Waals surface area (Å²) in [6, 6.07) is 4.02. The fraction of sp³-hybridized carbons (Fsp3) is 0.538. The van der Waals surface area contributed by atoms with Crippen LogP contribution in [0.25, 0.3) is 0 Å². The van der Waals surface area contributed by atoms with Crippen molar-refractivity contribution in [2.24, 2.45) is 0 Å². The van der Waals surface area contributed by atoms with Gasteiger partial charge < -0.3 is 19.9 Å². The van der Waals surface area contributed by atoms with E-state index >= 15 is 0 Å². The zero-order valence-electron chi connectivity index (χ0n) is 10.0. The molecule has 0 atom stereocenters. The van der Waals surface area contributed by atoms with Gasteiger partial charge in [0.25, 0.3) is 0 Å². The van der Waals surface area contributed by atoms with Gasteiger partial charge in [-0.15, -0.1) is 0 Å². The van der Waals surface area contributed by atoms with Crippen molar-refractivity contribution in [2.75, 3.05) is 13.4 Å². The van der Waals surface area contributed by atoms with Gasteiger partial charge in [0.15, 0.2) is 11.5 Å². The van der Waals surface area contributed by atoms with E-state index in [0.717, 1.165) is 40.9 Å². The topological polar surface area (TPSA) is 50.7 Å². The van der Waals surface area contributed by atoms with Crippen molar-refractivity contribution in [1.82, 2.24) is 5.32 Å². The van der Waals surface area contributed by atoms with E-state index < -0.39 is 0 Å². The molecule has 3 rings (SSSR count). The maximum atomic E-state index is 9.41. The highest BCUT2D eigenvalue weighted by molar-refractivity contribution is 9.10. The van der Waals surface area contributed by atoms with Crippen LogP contribution < -0.4 is 14.8 Å². The minimum Gasteiger partial charge on any atom is -0.454 e. The first-order chi connectivity index (χ1) is 8.72. The Morgan fingerprint density at radius 1 is 1.33 bits per heavy atom. The van der Waals surface area contributed by atoms with Crippen LogP contribution in [0.3, 0.4) is 0 Å². The van der Waals surface area contributed by atoms with Gasteiger partial charge in [-0.2, -0.15) is 0 Å². The number of fused-ring (bicyclic) bond motifs is 1. The van der Waals surface area contributed by atoms with Crippen LogP contribution in [-0.4, -0.2) is 24.0 Å². The summed E-state index contributed by atoms with van der Waals surface area (Å²) in [7, 11) is 0. The van der Waals surface area contributed by atoms with Gasteiger partial charge in [-0.05, 0) is 52.9 Å². The number of ether oxygens (including phenoxy) is 2. The molecular formula is C13H16BrNO3. The Morgan fingerprint density at radius 3 is 2.83 bits per heavy atom. The van der Waals surface area contributed by atoms with Crippen LogP contribution >= 0.6 is 15.9 Å². The van der Waals surface area contributed by atoms with Crippen molar-refractivity contribution in [1.29, 1.82) is 0 Å². The SMILES string of the molecule is OCC1(NCc2cc(Br)c3c(c2)OCO3)CCC1. The number of aliphatic hydroxyl groups excluding tert-OH is 1. The van der Waals surface area contributed by atoms with Crippen LogP contribution in [0, 0.1) is 0 Å². The molecule has 0 unspecified atom stereocenters. The standard InChI is InChI=1S/C13H16BrNO3/c14-10-4-9(5-11-12(10)18-8-17-11)6-15-13(7-16)2-1-3-13/h4-5,15-16H,1-3,6-8H2. The molecule has 1 aromatic carbocycles. The summed E-state index contributed by atoms with van der Waals surface area (Å²) in [4.78, 5) is 0. The molecule has 2 N–H and O–H groups in total. The summed E-state index contributed by atoms with van der Waals surface area (Å²) in [5.41, 5.74) is 1.06. The highest BCUT2D eigenvalue weighted by atomic mass is 79.9. The van der Waals surface area contributed by atoms with Crippen molar-refractivity contribution in [3.8, 4) is 11.5 Å². The first-order valence-electron chi connectivity index (χ1n) is 6.16. The highest BCUT2D eigenvalue weighted by Crippen LogP contribution is 2.40. The summed E-state index contributed by atoms with van der Waals surface area (Å²) in [6.07, 6.45) is 3.29.